The number of hydrogen-bond donors (Lipinski definition) is 1. The third-order valence-corrected chi connectivity index (χ3v) is 3.11. The first-order chi connectivity index (χ1) is 8.15. The van der Waals surface area contributed by atoms with Gasteiger partial charge in [0, 0.05) is 24.2 Å². The molecule has 0 saturated heterocycles. The first kappa shape index (κ1) is 10.4. The van der Waals surface area contributed by atoms with Crippen LogP contribution in [0.25, 0.3) is 22.2 Å². The van der Waals surface area contributed by atoms with Crippen LogP contribution in [0.3, 0.4) is 0 Å². The van der Waals surface area contributed by atoms with Gasteiger partial charge in [0.25, 0.3) is 0 Å². The van der Waals surface area contributed by atoms with Crippen LogP contribution in [0.15, 0.2) is 24.5 Å². The number of benzene rings is 1. The highest BCUT2D eigenvalue weighted by molar-refractivity contribution is 6.34. The Bertz CT molecular complexity index is 696. The van der Waals surface area contributed by atoms with Crippen LogP contribution >= 0.6 is 11.6 Å². The molecule has 0 aliphatic heterocycles. The second-order valence-corrected chi connectivity index (χ2v) is 4.53. The van der Waals surface area contributed by atoms with Gasteiger partial charge in [-0.05, 0) is 24.6 Å². The summed E-state index contributed by atoms with van der Waals surface area (Å²) in [6.07, 6.45) is 3.74. The van der Waals surface area contributed by atoms with Crippen LogP contribution < -0.4 is 0 Å². The van der Waals surface area contributed by atoms with Crippen LogP contribution in [0, 0.1) is 6.92 Å². The first-order valence-electron chi connectivity index (χ1n) is 5.28. The fraction of sp³-hybridized carbons (Fsp3) is 0.167. The molecule has 0 spiro atoms. The molecule has 0 aliphatic carbocycles. The average Bonchev–Trinajstić information content (AvgIpc) is 2.83. The van der Waals surface area contributed by atoms with E-state index in [1.165, 1.54) is 0 Å². The molecule has 86 valence electrons. The molecule has 0 fully saturated rings. The summed E-state index contributed by atoms with van der Waals surface area (Å²) in [7, 11) is 1.90. The third-order valence-electron chi connectivity index (χ3n) is 2.79. The van der Waals surface area contributed by atoms with Gasteiger partial charge < -0.3 is 0 Å². The van der Waals surface area contributed by atoms with Gasteiger partial charge in [0.2, 0.25) is 0 Å². The van der Waals surface area contributed by atoms with E-state index in [2.05, 4.69) is 15.3 Å². The average molecular weight is 247 g/mol. The monoisotopic (exact) mass is 246 g/mol. The number of rotatable bonds is 1. The van der Waals surface area contributed by atoms with E-state index in [0.29, 0.717) is 5.02 Å². The van der Waals surface area contributed by atoms with Crippen LogP contribution in [0.5, 0.6) is 0 Å². The van der Waals surface area contributed by atoms with E-state index in [1.54, 1.807) is 10.9 Å². The van der Waals surface area contributed by atoms with Gasteiger partial charge >= 0.3 is 0 Å². The van der Waals surface area contributed by atoms with Crippen molar-refractivity contribution in [1.29, 1.82) is 0 Å². The van der Waals surface area contributed by atoms with Crippen molar-refractivity contribution < 1.29 is 0 Å². The zero-order chi connectivity index (χ0) is 12.0. The molecule has 0 saturated carbocycles. The Balaban J connectivity index is 2.29. The van der Waals surface area contributed by atoms with Crippen molar-refractivity contribution in [2.45, 2.75) is 6.92 Å². The Hall–Kier alpha value is -1.81. The van der Waals surface area contributed by atoms with Gasteiger partial charge in [-0.1, -0.05) is 11.6 Å². The summed E-state index contributed by atoms with van der Waals surface area (Å²) in [6, 6.07) is 3.89. The van der Waals surface area contributed by atoms with Crippen molar-refractivity contribution in [2.24, 2.45) is 7.05 Å². The minimum absolute atomic E-state index is 0.695. The molecule has 0 amide bonds. The third kappa shape index (κ3) is 1.61. The number of fused-ring (bicyclic) bond motifs is 1. The Kier molecular flexibility index (Phi) is 2.19. The quantitative estimate of drug-likeness (QED) is 0.718. The molecule has 5 heteroatoms. The van der Waals surface area contributed by atoms with Crippen molar-refractivity contribution in [2.75, 3.05) is 0 Å². The fourth-order valence-corrected chi connectivity index (χ4v) is 2.28. The summed E-state index contributed by atoms with van der Waals surface area (Å²) >= 11 is 6.28. The lowest BCUT2D eigenvalue weighted by Crippen LogP contribution is -1.88. The van der Waals surface area contributed by atoms with E-state index in [4.69, 9.17) is 11.6 Å². The molecule has 3 rings (SSSR count). The van der Waals surface area contributed by atoms with Gasteiger partial charge in [0.1, 0.15) is 0 Å². The van der Waals surface area contributed by atoms with Crippen LogP contribution in [-0.2, 0) is 7.05 Å². The molecule has 0 radical (unpaired) electrons. The normalized spacial score (nSPS) is 11.2. The fourth-order valence-electron chi connectivity index (χ4n) is 2.02. The summed E-state index contributed by atoms with van der Waals surface area (Å²) in [5.74, 6) is 0. The zero-order valence-corrected chi connectivity index (χ0v) is 10.3. The Labute approximate surface area is 103 Å². The Morgan fingerprint density at radius 1 is 1.35 bits per heavy atom. The summed E-state index contributed by atoms with van der Waals surface area (Å²) in [4.78, 5) is 0. The maximum absolute atomic E-state index is 6.28. The van der Waals surface area contributed by atoms with E-state index < -0.39 is 0 Å². The summed E-state index contributed by atoms with van der Waals surface area (Å²) in [5, 5.41) is 13.1. The molecule has 2 aromatic heterocycles. The number of hydrogen-bond acceptors (Lipinski definition) is 2. The molecule has 0 aliphatic rings. The zero-order valence-electron chi connectivity index (χ0n) is 9.53. The summed E-state index contributed by atoms with van der Waals surface area (Å²) in [5.41, 5.74) is 3.92. The number of nitrogens with one attached hydrogen (secondary N) is 1. The van der Waals surface area contributed by atoms with Crippen molar-refractivity contribution in [3.8, 4) is 11.3 Å². The maximum atomic E-state index is 6.28. The number of H-pyrrole nitrogens is 1. The molecule has 0 unspecified atom stereocenters. The molecule has 2 heterocycles. The van der Waals surface area contributed by atoms with Gasteiger partial charge in [-0.2, -0.15) is 10.2 Å². The molecule has 0 bridgehead atoms. The number of halogens is 1. The minimum atomic E-state index is 0.695. The predicted octanol–water partition coefficient (Wildman–Crippen LogP) is 2.93. The van der Waals surface area contributed by atoms with Gasteiger partial charge in [0.15, 0.2) is 0 Å². The van der Waals surface area contributed by atoms with E-state index in [0.717, 1.165) is 27.7 Å². The second kappa shape index (κ2) is 3.60. The maximum Gasteiger partial charge on any atom is 0.0967 e. The largest absolute Gasteiger partial charge is 0.278 e. The van der Waals surface area contributed by atoms with Crippen molar-refractivity contribution in [3.63, 3.8) is 0 Å². The van der Waals surface area contributed by atoms with Gasteiger partial charge in [-0.15, -0.1) is 0 Å². The number of aromatic amines is 1. The van der Waals surface area contributed by atoms with Crippen molar-refractivity contribution in [1.82, 2.24) is 20.0 Å². The molecule has 1 aromatic carbocycles. The molecule has 4 nitrogen and oxygen atoms in total. The van der Waals surface area contributed by atoms with Crippen molar-refractivity contribution in [3.05, 3.63) is 35.1 Å². The SMILES string of the molecule is Cc1cn(C)nc1-c1cc2[nH]ncc2cc1Cl. The summed E-state index contributed by atoms with van der Waals surface area (Å²) in [6.45, 7) is 2.02. The standard InChI is InChI=1S/C12H11ClN4/c1-7-6-17(2)16-12(7)9-4-11-8(3-10(9)13)5-14-15-11/h3-6H,1-2H3,(H,14,15). The highest BCUT2D eigenvalue weighted by atomic mass is 35.5. The van der Waals surface area contributed by atoms with E-state index in [1.807, 2.05) is 32.3 Å². The van der Waals surface area contributed by atoms with Crippen LogP contribution in [0.2, 0.25) is 5.02 Å². The van der Waals surface area contributed by atoms with Gasteiger partial charge in [-0.25, -0.2) is 0 Å². The number of aromatic nitrogens is 4. The van der Waals surface area contributed by atoms with Gasteiger partial charge in [-0.3, -0.25) is 9.78 Å². The smallest absolute Gasteiger partial charge is 0.0967 e. The van der Waals surface area contributed by atoms with Crippen LogP contribution in [0.4, 0.5) is 0 Å². The topological polar surface area (TPSA) is 46.5 Å². The molecule has 1 N–H and O–H groups in total. The molecular weight excluding hydrogens is 236 g/mol. The van der Waals surface area contributed by atoms with Crippen molar-refractivity contribution >= 4 is 22.5 Å². The predicted molar refractivity (Wildman–Crippen MR) is 68.0 cm³/mol. The number of aryl methyl sites for hydroxylation is 2. The van der Waals surface area contributed by atoms with E-state index >= 15 is 0 Å². The number of nitrogens with zero attached hydrogens (tertiary/aromatic N) is 3. The second-order valence-electron chi connectivity index (χ2n) is 4.12. The van der Waals surface area contributed by atoms with Crippen LogP contribution in [0.1, 0.15) is 5.56 Å². The Morgan fingerprint density at radius 3 is 2.88 bits per heavy atom. The lowest BCUT2D eigenvalue weighted by atomic mass is 10.1. The molecule has 17 heavy (non-hydrogen) atoms. The minimum Gasteiger partial charge on any atom is -0.278 e. The lowest BCUT2D eigenvalue weighted by molar-refractivity contribution is 0.770. The van der Waals surface area contributed by atoms with Crippen LogP contribution in [-0.4, -0.2) is 20.0 Å². The van der Waals surface area contributed by atoms with Gasteiger partial charge in [0.05, 0.1) is 22.4 Å². The lowest BCUT2D eigenvalue weighted by Gasteiger charge is -2.02. The van der Waals surface area contributed by atoms with E-state index in [9.17, 15) is 0 Å². The van der Waals surface area contributed by atoms with E-state index in [-0.39, 0.29) is 0 Å². The molecule has 0 atom stereocenters. The Morgan fingerprint density at radius 2 is 2.18 bits per heavy atom. The highest BCUT2D eigenvalue weighted by Crippen LogP contribution is 2.32. The summed E-state index contributed by atoms with van der Waals surface area (Å²) < 4.78 is 1.79. The molecule has 3 aromatic rings. The first-order valence-corrected chi connectivity index (χ1v) is 5.66. The highest BCUT2D eigenvalue weighted by Gasteiger charge is 2.12. The molecular formula is C12H11ClN4.